The number of hydrogen-bond acceptors (Lipinski definition) is 7. The second-order valence-corrected chi connectivity index (χ2v) is 8.74. The molecule has 2 aromatic rings. The Morgan fingerprint density at radius 2 is 1.97 bits per heavy atom. The van der Waals surface area contributed by atoms with Crippen molar-refractivity contribution in [1.82, 2.24) is 0 Å². The fourth-order valence-electron chi connectivity index (χ4n) is 5.96. The smallest absolute Gasteiger partial charge is 0.304 e. The minimum absolute atomic E-state index is 0.0954. The summed E-state index contributed by atoms with van der Waals surface area (Å²) in [6, 6.07) is 1.88. The molecule has 2 aliphatic carbocycles. The van der Waals surface area contributed by atoms with Gasteiger partial charge in [-0.05, 0) is 43.2 Å². The van der Waals surface area contributed by atoms with Gasteiger partial charge < -0.3 is 23.0 Å². The van der Waals surface area contributed by atoms with Crippen LogP contribution in [0.15, 0.2) is 33.7 Å². The zero-order chi connectivity index (χ0) is 21.0. The predicted octanol–water partition coefficient (Wildman–Crippen LogP) is 4.58. The zero-order valence-electron chi connectivity index (χ0n) is 17.4. The molecule has 3 aliphatic rings. The maximum Gasteiger partial charge on any atom is 0.304 e. The molecule has 7 heteroatoms. The van der Waals surface area contributed by atoms with Crippen LogP contribution in [-0.4, -0.2) is 18.2 Å². The number of ether oxygens (including phenoxy) is 3. The summed E-state index contributed by atoms with van der Waals surface area (Å²) < 4.78 is 29.1. The lowest BCUT2D eigenvalue weighted by Crippen LogP contribution is -2.50. The van der Waals surface area contributed by atoms with Crippen molar-refractivity contribution in [2.45, 2.75) is 70.9 Å². The van der Waals surface area contributed by atoms with Crippen LogP contribution in [0.4, 0.5) is 0 Å². The molecule has 0 saturated carbocycles. The molecule has 0 aromatic carbocycles. The molecule has 5 rings (SSSR count). The highest BCUT2D eigenvalue weighted by Gasteiger charge is 2.65. The van der Waals surface area contributed by atoms with Gasteiger partial charge in [0.05, 0.1) is 24.9 Å². The molecule has 0 radical (unpaired) electrons. The molecule has 1 aliphatic heterocycles. The summed E-state index contributed by atoms with van der Waals surface area (Å²) in [5.74, 6) is -0.0973. The first-order valence-corrected chi connectivity index (χ1v) is 10.5. The summed E-state index contributed by atoms with van der Waals surface area (Å²) >= 11 is 0. The Bertz CT molecular complexity index is 958. The summed E-state index contributed by atoms with van der Waals surface area (Å²) in [6.45, 7) is 4.85. The standard InChI is InChI=1S/C23H26O7/c1-12-20(28-13(2)24)21-19-16(11-27-21)5-4-6-17(19)23(12)9-18(15-7-8-26-10-15)30-22(23)29-14(3)25/h7-8,10-12,17-18,20,22H,4-6,9H2,1-3H3/t12-,17?,18+,20+,22-,23?/m1/s1. The molecule has 2 unspecified atom stereocenters. The third kappa shape index (κ3) is 2.75. The van der Waals surface area contributed by atoms with Crippen molar-refractivity contribution in [1.29, 1.82) is 0 Å². The average Bonchev–Trinajstić information content (AvgIpc) is 3.42. The van der Waals surface area contributed by atoms with E-state index in [4.69, 9.17) is 23.0 Å². The van der Waals surface area contributed by atoms with Crippen LogP contribution in [0.2, 0.25) is 0 Å². The lowest BCUT2D eigenvalue weighted by atomic mass is 9.54. The van der Waals surface area contributed by atoms with E-state index in [-0.39, 0.29) is 23.9 Å². The van der Waals surface area contributed by atoms with Gasteiger partial charge in [-0.1, -0.05) is 6.92 Å². The normalized spacial score (nSPS) is 34.6. The largest absolute Gasteiger partial charge is 0.472 e. The van der Waals surface area contributed by atoms with Crippen molar-refractivity contribution in [3.05, 3.63) is 47.3 Å². The number of esters is 2. The van der Waals surface area contributed by atoms with Gasteiger partial charge in [0.25, 0.3) is 0 Å². The van der Waals surface area contributed by atoms with Gasteiger partial charge in [-0.25, -0.2) is 0 Å². The zero-order valence-corrected chi connectivity index (χ0v) is 17.4. The van der Waals surface area contributed by atoms with Crippen molar-refractivity contribution in [3.8, 4) is 0 Å². The Labute approximate surface area is 174 Å². The van der Waals surface area contributed by atoms with E-state index in [9.17, 15) is 9.59 Å². The molecule has 0 N–H and O–H groups in total. The third-order valence-corrected chi connectivity index (χ3v) is 7.18. The number of hydrogen-bond donors (Lipinski definition) is 0. The topological polar surface area (TPSA) is 88.1 Å². The van der Waals surface area contributed by atoms with E-state index in [1.165, 1.54) is 13.8 Å². The molecule has 7 nitrogen and oxygen atoms in total. The number of carbonyl (C=O) groups excluding carboxylic acids is 2. The monoisotopic (exact) mass is 414 g/mol. The van der Waals surface area contributed by atoms with Crippen LogP contribution in [-0.2, 0) is 30.2 Å². The van der Waals surface area contributed by atoms with Crippen LogP contribution in [0.25, 0.3) is 0 Å². The van der Waals surface area contributed by atoms with E-state index in [2.05, 4.69) is 0 Å². The van der Waals surface area contributed by atoms with Crippen LogP contribution < -0.4 is 0 Å². The van der Waals surface area contributed by atoms with Gasteiger partial charge in [0.2, 0.25) is 6.29 Å². The van der Waals surface area contributed by atoms with E-state index < -0.39 is 23.8 Å². The van der Waals surface area contributed by atoms with E-state index in [0.717, 1.165) is 41.7 Å². The number of fused-ring (bicyclic) bond motifs is 1. The molecule has 2 aromatic heterocycles. The minimum atomic E-state index is -0.748. The molecule has 0 bridgehead atoms. The van der Waals surface area contributed by atoms with Gasteiger partial charge in [0.1, 0.15) is 5.76 Å². The summed E-state index contributed by atoms with van der Waals surface area (Å²) in [5.41, 5.74) is 2.63. The van der Waals surface area contributed by atoms with Crippen molar-refractivity contribution in [2.24, 2.45) is 11.3 Å². The molecule has 1 saturated heterocycles. The SMILES string of the molecule is CC(=O)O[C@@H]1O[C@H](c2ccoc2)CC12C1CCCc3coc(c31)[C@@H](OC(C)=O)[C@H]2C. The third-order valence-electron chi connectivity index (χ3n) is 7.18. The minimum Gasteiger partial charge on any atom is -0.472 e. The van der Waals surface area contributed by atoms with Gasteiger partial charge in [-0.15, -0.1) is 0 Å². The summed E-state index contributed by atoms with van der Waals surface area (Å²) in [6.07, 6.45) is 7.03. The highest BCUT2D eigenvalue weighted by atomic mass is 16.7. The van der Waals surface area contributed by atoms with Crippen LogP contribution in [0.3, 0.4) is 0 Å². The van der Waals surface area contributed by atoms with Crippen LogP contribution in [0, 0.1) is 11.3 Å². The number of carbonyl (C=O) groups is 2. The second-order valence-electron chi connectivity index (χ2n) is 8.74. The fraction of sp³-hybridized carbons (Fsp3) is 0.565. The lowest BCUT2D eigenvalue weighted by Gasteiger charge is -2.51. The second kappa shape index (κ2) is 7.01. The van der Waals surface area contributed by atoms with Crippen LogP contribution in [0.5, 0.6) is 0 Å². The lowest BCUT2D eigenvalue weighted by molar-refractivity contribution is -0.213. The Morgan fingerprint density at radius 1 is 1.17 bits per heavy atom. The van der Waals surface area contributed by atoms with E-state index in [1.54, 1.807) is 18.8 Å². The van der Waals surface area contributed by atoms with Gasteiger partial charge in [0.15, 0.2) is 6.10 Å². The first kappa shape index (κ1) is 19.4. The van der Waals surface area contributed by atoms with Crippen LogP contribution >= 0.6 is 0 Å². The molecule has 6 atom stereocenters. The Hall–Kier alpha value is -2.54. The molecular formula is C23H26O7. The summed E-state index contributed by atoms with van der Waals surface area (Å²) in [7, 11) is 0. The van der Waals surface area contributed by atoms with Gasteiger partial charge >= 0.3 is 11.9 Å². The molecule has 0 amide bonds. The van der Waals surface area contributed by atoms with Crippen molar-refractivity contribution in [2.75, 3.05) is 0 Å². The summed E-state index contributed by atoms with van der Waals surface area (Å²) in [5, 5.41) is 0. The first-order chi connectivity index (χ1) is 14.4. The van der Waals surface area contributed by atoms with Gasteiger partial charge in [0, 0.05) is 36.3 Å². The highest BCUT2D eigenvalue weighted by molar-refractivity contribution is 5.67. The number of furan rings is 2. The van der Waals surface area contributed by atoms with Crippen LogP contribution in [0.1, 0.15) is 80.6 Å². The van der Waals surface area contributed by atoms with Gasteiger partial charge in [-0.2, -0.15) is 0 Å². The summed E-state index contributed by atoms with van der Waals surface area (Å²) in [4.78, 5) is 24.0. The molecule has 30 heavy (non-hydrogen) atoms. The maximum absolute atomic E-state index is 12.0. The Balaban J connectivity index is 1.66. The predicted molar refractivity (Wildman–Crippen MR) is 103 cm³/mol. The highest BCUT2D eigenvalue weighted by Crippen LogP contribution is 2.67. The molecule has 160 valence electrons. The van der Waals surface area contributed by atoms with Crippen molar-refractivity contribution < 1.29 is 32.6 Å². The van der Waals surface area contributed by atoms with Gasteiger partial charge in [-0.3, -0.25) is 9.59 Å². The number of rotatable bonds is 3. The van der Waals surface area contributed by atoms with Crippen molar-refractivity contribution in [3.63, 3.8) is 0 Å². The fourth-order valence-corrected chi connectivity index (χ4v) is 5.96. The first-order valence-electron chi connectivity index (χ1n) is 10.5. The number of aryl methyl sites for hydroxylation is 1. The molecule has 1 fully saturated rings. The average molecular weight is 414 g/mol. The Kier molecular flexibility index (Phi) is 4.54. The quantitative estimate of drug-likeness (QED) is 0.679. The van der Waals surface area contributed by atoms with E-state index in [1.807, 2.05) is 13.0 Å². The molecule has 1 spiro atoms. The van der Waals surface area contributed by atoms with E-state index in [0.29, 0.717) is 6.42 Å². The Morgan fingerprint density at radius 3 is 2.67 bits per heavy atom. The molecular weight excluding hydrogens is 388 g/mol. The van der Waals surface area contributed by atoms with Crippen molar-refractivity contribution >= 4 is 11.9 Å². The molecule has 3 heterocycles. The van der Waals surface area contributed by atoms with E-state index >= 15 is 0 Å². The maximum atomic E-state index is 12.0.